The van der Waals surface area contributed by atoms with Crippen LogP contribution in [0, 0.1) is 13.8 Å². The van der Waals surface area contributed by atoms with E-state index < -0.39 is 6.89 Å². The van der Waals surface area contributed by atoms with E-state index in [-0.39, 0.29) is 5.78 Å². The summed E-state index contributed by atoms with van der Waals surface area (Å²) in [6.07, 6.45) is 0. The second-order valence-corrected chi connectivity index (χ2v) is 14.9. The van der Waals surface area contributed by atoms with Crippen LogP contribution < -0.4 is 15.9 Å². The Morgan fingerprint density at radius 3 is 1.36 bits per heavy atom. The molecule has 202 valence electrons. The van der Waals surface area contributed by atoms with Crippen molar-refractivity contribution in [2.45, 2.75) is 13.8 Å². The number of hydrogen-bond donors (Lipinski definition) is 0. The Bertz CT molecular complexity index is 1910. The topological polar surface area (TPSA) is 17.1 Å². The van der Waals surface area contributed by atoms with Gasteiger partial charge in [-0.1, -0.05) is 146 Å². The van der Waals surface area contributed by atoms with E-state index in [0.29, 0.717) is 11.1 Å². The van der Waals surface area contributed by atoms with Gasteiger partial charge in [0.1, 0.15) is 0 Å². The highest BCUT2D eigenvalue weighted by molar-refractivity contribution is 8.04. The number of ketones is 1. The summed E-state index contributed by atoms with van der Waals surface area (Å²) in [5, 5.41) is 4.73. The van der Waals surface area contributed by atoms with Gasteiger partial charge in [-0.3, -0.25) is 4.79 Å². The Labute approximate surface area is 257 Å². The SMILES string of the molecule is Cc1cc2c(cc1C)C(=C1C(=S)C(=P(c3ccccc3)(c3ccccc3)c3ccccc3)C1=S)c1ccccc1C2=O. The van der Waals surface area contributed by atoms with Crippen LogP contribution in [-0.4, -0.2) is 20.8 Å². The van der Waals surface area contributed by atoms with E-state index in [1.165, 1.54) is 15.9 Å². The van der Waals surface area contributed by atoms with Crippen LogP contribution in [-0.2, 0) is 0 Å². The Balaban J connectivity index is 1.61. The number of thiocarbonyl (C=S) groups is 2. The molecule has 2 aliphatic carbocycles. The van der Waals surface area contributed by atoms with Gasteiger partial charge in [0.05, 0.1) is 9.73 Å². The third kappa shape index (κ3) is 3.85. The van der Waals surface area contributed by atoms with Gasteiger partial charge < -0.3 is 0 Å². The number of hydrogen-bond acceptors (Lipinski definition) is 3. The van der Waals surface area contributed by atoms with Gasteiger partial charge in [-0.2, -0.15) is 0 Å². The third-order valence-corrected chi connectivity index (χ3v) is 13.9. The summed E-state index contributed by atoms with van der Waals surface area (Å²) < 4.78 is 0. The number of allylic oxidation sites excluding steroid dienone is 1. The van der Waals surface area contributed by atoms with E-state index in [9.17, 15) is 4.79 Å². The quantitative estimate of drug-likeness (QED) is 0.120. The lowest BCUT2D eigenvalue weighted by molar-refractivity contribution is 0.103. The molecule has 1 nitrogen and oxygen atoms in total. The van der Waals surface area contributed by atoms with Gasteiger partial charge in [-0.15, -0.1) is 0 Å². The zero-order valence-electron chi connectivity index (χ0n) is 23.3. The van der Waals surface area contributed by atoms with Crippen LogP contribution in [0.25, 0.3) is 5.57 Å². The van der Waals surface area contributed by atoms with E-state index in [0.717, 1.165) is 48.4 Å². The largest absolute Gasteiger partial charge is 0.289 e. The van der Waals surface area contributed by atoms with E-state index >= 15 is 0 Å². The Morgan fingerprint density at radius 1 is 0.476 bits per heavy atom. The maximum absolute atomic E-state index is 13.7. The molecular formula is C38H27OPS2. The molecule has 4 heteroatoms. The van der Waals surface area contributed by atoms with Crippen LogP contribution in [0.1, 0.15) is 38.2 Å². The van der Waals surface area contributed by atoms with Crippen molar-refractivity contribution in [1.82, 2.24) is 0 Å². The van der Waals surface area contributed by atoms with Crippen molar-refractivity contribution < 1.29 is 4.79 Å². The van der Waals surface area contributed by atoms with E-state index in [1.807, 2.05) is 30.3 Å². The number of rotatable bonds is 3. The van der Waals surface area contributed by atoms with Crippen LogP contribution >= 0.6 is 31.3 Å². The van der Waals surface area contributed by atoms with Gasteiger partial charge in [0, 0.05) is 27.6 Å². The molecule has 0 unspecified atom stereocenters. The minimum absolute atomic E-state index is 0.0492. The lowest BCUT2D eigenvalue weighted by atomic mass is 9.74. The number of aryl methyl sites for hydroxylation is 2. The molecule has 0 spiro atoms. The normalized spacial score (nSPS) is 14.4. The molecule has 7 rings (SSSR count). The molecule has 1 saturated carbocycles. The molecule has 5 aromatic carbocycles. The highest BCUT2D eigenvalue weighted by Crippen LogP contribution is 2.52. The van der Waals surface area contributed by atoms with E-state index in [4.69, 9.17) is 24.4 Å². The van der Waals surface area contributed by atoms with Gasteiger partial charge in [0.25, 0.3) is 0 Å². The van der Waals surface area contributed by atoms with Crippen LogP contribution in [0.15, 0.2) is 133 Å². The molecule has 0 radical (unpaired) electrons. The zero-order chi connectivity index (χ0) is 29.0. The van der Waals surface area contributed by atoms with Crippen molar-refractivity contribution in [2.75, 3.05) is 0 Å². The summed E-state index contributed by atoms with van der Waals surface area (Å²) in [7, 11) is 0. The number of carbonyl (C=O) groups is 1. The van der Waals surface area contributed by atoms with Gasteiger partial charge in [0.2, 0.25) is 0 Å². The van der Waals surface area contributed by atoms with Crippen molar-refractivity contribution in [1.29, 1.82) is 0 Å². The minimum Gasteiger partial charge on any atom is -0.289 e. The monoisotopic (exact) mass is 594 g/mol. The Kier molecular flexibility index (Phi) is 6.63. The fourth-order valence-electron chi connectivity index (χ4n) is 6.37. The molecule has 0 atom stereocenters. The van der Waals surface area contributed by atoms with Crippen molar-refractivity contribution in [2.24, 2.45) is 0 Å². The average Bonchev–Trinajstić information content (AvgIpc) is 3.04. The van der Waals surface area contributed by atoms with E-state index in [2.05, 4.69) is 111 Å². The molecule has 42 heavy (non-hydrogen) atoms. The first kappa shape index (κ1) is 26.9. The molecule has 0 heterocycles. The summed E-state index contributed by atoms with van der Waals surface area (Å²) in [5.41, 5.74) is 7.36. The van der Waals surface area contributed by atoms with Crippen molar-refractivity contribution in [3.05, 3.63) is 166 Å². The molecule has 5 aromatic rings. The Hall–Kier alpha value is -4.01. The smallest absolute Gasteiger partial charge is 0.194 e. The van der Waals surface area contributed by atoms with Crippen molar-refractivity contribution in [3.63, 3.8) is 0 Å². The summed E-state index contributed by atoms with van der Waals surface area (Å²) in [5.74, 6) is 0.0492. The molecular weight excluding hydrogens is 568 g/mol. The van der Waals surface area contributed by atoms with Crippen molar-refractivity contribution in [3.8, 4) is 0 Å². The first-order chi connectivity index (χ1) is 20.4. The van der Waals surface area contributed by atoms with Crippen LogP contribution in [0.5, 0.6) is 0 Å². The van der Waals surface area contributed by atoms with Crippen LogP contribution in [0.3, 0.4) is 0 Å². The first-order valence-corrected chi connectivity index (χ1v) is 16.6. The predicted octanol–water partition coefficient (Wildman–Crippen LogP) is 7.57. The van der Waals surface area contributed by atoms with Gasteiger partial charge in [-0.05, 0) is 65.0 Å². The lowest BCUT2D eigenvalue weighted by Gasteiger charge is -2.40. The van der Waals surface area contributed by atoms with Gasteiger partial charge in [0.15, 0.2) is 5.78 Å². The van der Waals surface area contributed by atoms with Gasteiger partial charge >= 0.3 is 0 Å². The number of carbonyl (C=O) groups excluding carboxylic acids is 1. The molecule has 0 aliphatic heterocycles. The van der Waals surface area contributed by atoms with Crippen LogP contribution in [0.2, 0.25) is 0 Å². The highest BCUT2D eigenvalue weighted by atomic mass is 32.1. The average molecular weight is 595 g/mol. The predicted molar refractivity (Wildman–Crippen MR) is 187 cm³/mol. The molecule has 0 amide bonds. The molecule has 0 aromatic heterocycles. The fourth-order valence-corrected chi connectivity index (χ4v) is 12.3. The van der Waals surface area contributed by atoms with E-state index in [1.54, 1.807) is 0 Å². The maximum atomic E-state index is 13.7. The number of benzene rings is 5. The third-order valence-electron chi connectivity index (χ3n) is 8.49. The second-order valence-electron chi connectivity index (χ2n) is 10.8. The lowest BCUT2D eigenvalue weighted by Crippen LogP contribution is -2.46. The molecule has 2 aliphatic rings. The fraction of sp³-hybridized carbons (Fsp3) is 0.0526. The summed E-state index contributed by atoms with van der Waals surface area (Å²) in [4.78, 5) is 15.3. The Morgan fingerprint density at radius 2 is 0.881 bits per heavy atom. The minimum atomic E-state index is -2.42. The maximum Gasteiger partial charge on any atom is 0.194 e. The summed E-state index contributed by atoms with van der Waals surface area (Å²) in [6.45, 7) is 1.72. The highest BCUT2D eigenvalue weighted by Gasteiger charge is 2.44. The molecule has 1 fully saturated rings. The first-order valence-electron chi connectivity index (χ1n) is 14.0. The van der Waals surface area contributed by atoms with Crippen molar-refractivity contribution >= 4 is 73.6 Å². The van der Waals surface area contributed by atoms with Gasteiger partial charge in [-0.25, -0.2) is 0 Å². The molecule has 0 saturated heterocycles. The standard InChI is InChI=1S/C38H27OPS2/c1-24-22-31-32(23-25(24)2)35(39)30-21-13-12-20-29(30)33(31)34-37(41)36(38(34)42)40(26-14-6-3-7-15-26,27-16-8-4-9-17-27)28-18-10-5-11-19-28/h3-23H,1-2H3. The number of fused-ring (bicyclic) bond motifs is 2. The van der Waals surface area contributed by atoms with Crippen LogP contribution in [0.4, 0.5) is 0 Å². The zero-order valence-corrected chi connectivity index (χ0v) is 25.8. The second kappa shape index (κ2) is 10.4. The summed E-state index contributed by atoms with van der Waals surface area (Å²) >= 11 is 12.9. The summed E-state index contributed by atoms with van der Waals surface area (Å²) in [6, 6.07) is 44.1. The molecule has 0 bridgehead atoms. The molecule has 0 N–H and O–H groups in total.